The maximum atomic E-state index is 13.4. The topological polar surface area (TPSA) is 21.3 Å². The molecule has 0 amide bonds. The van der Waals surface area contributed by atoms with E-state index in [0.29, 0.717) is 16.3 Å². The Hall–Kier alpha value is -1.58. The minimum atomic E-state index is -0.301. The first-order valence-corrected chi connectivity index (χ1v) is 6.75. The van der Waals surface area contributed by atoms with E-state index in [1.165, 1.54) is 12.1 Å². The zero-order valence-electron chi connectivity index (χ0n) is 11.7. The summed E-state index contributed by atoms with van der Waals surface area (Å²) in [5, 5.41) is 3.79. The van der Waals surface area contributed by atoms with Gasteiger partial charge in [0.15, 0.2) is 0 Å². The molecular weight excluding hydrogens is 277 g/mol. The molecule has 2 nitrogen and oxygen atoms in total. The van der Waals surface area contributed by atoms with Crippen LogP contribution in [0.25, 0.3) is 11.1 Å². The van der Waals surface area contributed by atoms with Crippen molar-refractivity contribution in [3.63, 3.8) is 0 Å². The molecule has 106 valence electrons. The number of benzene rings is 2. The van der Waals surface area contributed by atoms with E-state index in [1.54, 1.807) is 13.2 Å². The molecule has 2 aromatic rings. The first-order valence-electron chi connectivity index (χ1n) is 6.37. The van der Waals surface area contributed by atoms with Gasteiger partial charge < -0.3 is 10.1 Å². The third-order valence-electron chi connectivity index (χ3n) is 3.37. The van der Waals surface area contributed by atoms with Crippen molar-refractivity contribution in [2.75, 3.05) is 14.2 Å². The lowest BCUT2D eigenvalue weighted by molar-refractivity contribution is 0.415. The van der Waals surface area contributed by atoms with E-state index in [-0.39, 0.29) is 11.9 Å². The summed E-state index contributed by atoms with van der Waals surface area (Å²) in [6.07, 6.45) is 0. The predicted molar refractivity (Wildman–Crippen MR) is 80.9 cm³/mol. The highest BCUT2D eigenvalue weighted by Crippen LogP contribution is 2.34. The Morgan fingerprint density at radius 3 is 2.55 bits per heavy atom. The molecule has 0 spiro atoms. The first-order chi connectivity index (χ1) is 9.56. The molecule has 4 heteroatoms. The number of hydrogen-bond donors (Lipinski definition) is 1. The van der Waals surface area contributed by atoms with Crippen molar-refractivity contribution in [1.29, 1.82) is 0 Å². The summed E-state index contributed by atoms with van der Waals surface area (Å²) in [5.41, 5.74) is 2.53. The lowest BCUT2D eigenvalue weighted by Gasteiger charge is -2.15. The number of ether oxygens (including phenoxy) is 1. The van der Waals surface area contributed by atoms with Gasteiger partial charge in [0.25, 0.3) is 0 Å². The van der Waals surface area contributed by atoms with Gasteiger partial charge in [0, 0.05) is 16.6 Å². The fourth-order valence-electron chi connectivity index (χ4n) is 2.11. The summed E-state index contributed by atoms with van der Waals surface area (Å²) < 4.78 is 18.7. The third kappa shape index (κ3) is 2.94. The van der Waals surface area contributed by atoms with Crippen molar-refractivity contribution in [1.82, 2.24) is 5.32 Å². The van der Waals surface area contributed by atoms with Crippen molar-refractivity contribution >= 4 is 11.6 Å². The van der Waals surface area contributed by atoms with Crippen molar-refractivity contribution in [3.8, 4) is 16.9 Å². The molecule has 1 unspecified atom stereocenters. The number of halogens is 2. The molecule has 0 bridgehead atoms. The van der Waals surface area contributed by atoms with E-state index in [0.717, 1.165) is 11.1 Å². The van der Waals surface area contributed by atoms with Gasteiger partial charge in [-0.15, -0.1) is 0 Å². The maximum Gasteiger partial charge on any atom is 0.126 e. The Balaban J connectivity index is 2.49. The normalized spacial score (nSPS) is 12.2. The van der Waals surface area contributed by atoms with Crippen LogP contribution >= 0.6 is 11.6 Å². The minimum absolute atomic E-state index is 0.158. The molecule has 0 radical (unpaired) electrons. The zero-order valence-corrected chi connectivity index (χ0v) is 12.5. The minimum Gasteiger partial charge on any atom is -0.496 e. The Labute approximate surface area is 123 Å². The predicted octanol–water partition coefficient (Wildman–Crippen LogP) is 4.44. The van der Waals surface area contributed by atoms with E-state index in [9.17, 15) is 4.39 Å². The standard InChI is InChI=1S/C16H17ClFNO/c1-10(19-2)13-6-4-11(8-15(13)17)14-9-12(18)5-7-16(14)20-3/h4-10,19H,1-3H3. The van der Waals surface area contributed by atoms with Gasteiger partial charge in [-0.2, -0.15) is 0 Å². The molecule has 0 fully saturated rings. The average Bonchev–Trinajstić information content (AvgIpc) is 2.46. The molecule has 2 rings (SSSR count). The number of hydrogen-bond acceptors (Lipinski definition) is 2. The van der Waals surface area contributed by atoms with Gasteiger partial charge in [-0.25, -0.2) is 4.39 Å². The number of methoxy groups -OCH3 is 1. The highest BCUT2D eigenvalue weighted by atomic mass is 35.5. The van der Waals surface area contributed by atoms with Gasteiger partial charge in [-0.1, -0.05) is 23.7 Å². The van der Waals surface area contributed by atoms with Gasteiger partial charge >= 0.3 is 0 Å². The van der Waals surface area contributed by atoms with Crippen molar-refractivity contribution < 1.29 is 9.13 Å². The monoisotopic (exact) mass is 293 g/mol. The zero-order chi connectivity index (χ0) is 14.7. The molecule has 0 aliphatic rings. The van der Waals surface area contributed by atoms with Gasteiger partial charge in [-0.3, -0.25) is 0 Å². The summed E-state index contributed by atoms with van der Waals surface area (Å²) in [7, 11) is 3.44. The largest absolute Gasteiger partial charge is 0.496 e. The average molecular weight is 294 g/mol. The van der Waals surface area contributed by atoms with Crippen molar-refractivity contribution in [2.45, 2.75) is 13.0 Å². The van der Waals surface area contributed by atoms with Crippen LogP contribution in [0.3, 0.4) is 0 Å². The second-order valence-electron chi connectivity index (χ2n) is 4.59. The highest BCUT2D eigenvalue weighted by molar-refractivity contribution is 6.31. The summed E-state index contributed by atoms with van der Waals surface area (Å²) in [5.74, 6) is 0.321. The van der Waals surface area contributed by atoms with E-state index < -0.39 is 0 Å². The quantitative estimate of drug-likeness (QED) is 0.900. The third-order valence-corrected chi connectivity index (χ3v) is 3.70. The number of rotatable bonds is 4. The van der Waals surface area contributed by atoms with Crippen LogP contribution in [-0.4, -0.2) is 14.2 Å². The van der Waals surface area contributed by atoms with Crippen LogP contribution in [0, 0.1) is 5.82 Å². The van der Waals surface area contributed by atoms with E-state index in [1.807, 2.05) is 32.2 Å². The summed E-state index contributed by atoms with van der Waals surface area (Å²) in [4.78, 5) is 0. The van der Waals surface area contributed by atoms with Crippen molar-refractivity contribution in [2.24, 2.45) is 0 Å². The molecule has 0 saturated heterocycles. The lowest BCUT2D eigenvalue weighted by atomic mass is 10.0. The smallest absolute Gasteiger partial charge is 0.126 e. The molecule has 0 aliphatic heterocycles. The molecule has 0 aliphatic carbocycles. The Bertz CT molecular complexity index is 615. The van der Waals surface area contributed by atoms with Gasteiger partial charge in [0.1, 0.15) is 11.6 Å². The van der Waals surface area contributed by atoms with Gasteiger partial charge in [-0.05, 0) is 49.4 Å². The first kappa shape index (κ1) is 14.8. The van der Waals surface area contributed by atoms with Crippen molar-refractivity contribution in [3.05, 3.63) is 52.8 Å². The molecule has 0 saturated carbocycles. The second-order valence-corrected chi connectivity index (χ2v) is 5.00. The van der Waals surface area contributed by atoms with Gasteiger partial charge in [0.05, 0.1) is 7.11 Å². The molecule has 0 aromatic heterocycles. The Morgan fingerprint density at radius 1 is 1.20 bits per heavy atom. The molecule has 20 heavy (non-hydrogen) atoms. The molecule has 1 N–H and O–H groups in total. The summed E-state index contributed by atoms with van der Waals surface area (Å²) in [6.45, 7) is 2.03. The summed E-state index contributed by atoms with van der Waals surface area (Å²) >= 11 is 6.31. The highest BCUT2D eigenvalue weighted by Gasteiger charge is 2.12. The van der Waals surface area contributed by atoms with Crippen LogP contribution in [0.15, 0.2) is 36.4 Å². The summed E-state index contributed by atoms with van der Waals surface area (Å²) in [6, 6.07) is 10.3. The Kier molecular flexibility index (Phi) is 4.63. The molecular formula is C16H17ClFNO. The second kappa shape index (κ2) is 6.25. The molecule has 1 atom stereocenters. The van der Waals surface area contributed by atoms with Gasteiger partial charge in [0.2, 0.25) is 0 Å². The lowest BCUT2D eigenvalue weighted by Crippen LogP contribution is -2.12. The van der Waals surface area contributed by atoms with Crippen LogP contribution in [0.1, 0.15) is 18.5 Å². The van der Waals surface area contributed by atoms with E-state index in [2.05, 4.69) is 5.32 Å². The van der Waals surface area contributed by atoms with Crippen LogP contribution in [-0.2, 0) is 0 Å². The van der Waals surface area contributed by atoms with E-state index in [4.69, 9.17) is 16.3 Å². The SMILES string of the molecule is CNC(C)c1ccc(-c2cc(F)ccc2OC)cc1Cl. The fraction of sp³-hybridized carbons (Fsp3) is 0.250. The molecule has 0 heterocycles. The van der Waals surface area contributed by atoms with Crippen LogP contribution < -0.4 is 10.1 Å². The maximum absolute atomic E-state index is 13.4. The Morgan fingerprint density at radius 2 is 1.95 bits per heavy atom. The van der Waals surface area contributed by atoms with Crippen LogP contribution in [0.5, 0.6) is 5.75 Å². The van der Waals surface area contributed by atoms with E-state index >= 15 is 0 Å². The van der Waals surface area contributed by atoms with Crippen LogP contribution in [0.4, 0.5) is 4.39 Å². The number of nitrogens with one attached hydrogen (secondary N) is 1. The fourth-order valence-corrected chi connectivity index (χ4v) is 2.45. The molecule has 2 aromatic carbocycles. The van der Waals surface area contributed by atoms with Crippen LogP contribution in [0.2, 0.25) is 5.02 Å².